The van der Waals surface area contributed by atoms with E-state index >= 15 is 0 Å². The van der Waals surface area contributed by atoms with Gasteiger partial charge in [-0.15, -0.1) is 0 Å². The number of esters is 1. The molecule has 0 saturated heterocycles. The van der Waals surface area contributed by atoms with Crippen molar-refractivity contribution in [2.24, 2.45) is 0 Å². The zero-order chi connectivity index (χ0) is 26.6. The number of fused-ring (bicyclic) bond motifs is 1. The molecule has 0 bridgehead atoms. The number of carbonyl (C=O) groups excluding carboxylic acids is 2. The number of methoxy groups -OCH3 is 1. The van der Waals surface area contributed by atoms with Crippen LogP contribution < -0.4 is 9.46 Å². The number of nitrogens with one attached hydrogen (secondary N) is 1. The van der Waals surface area contributed by atoms with Crippen molar-refractivity contribution in [1.82, 2.24) is 14.7 Å². The molecule has 0 aliphatic heterocycles. The predicted octanol–water partition coefficient (Wildman–Crippen LogP) is 3.41. The van der Waals surface area contributed by atoms with E-state index in [2.05, 4.69) is 9.97 Å². The van der Waals surface area contributed by atoms with Crippen LogP contribution in [0.1, 0.15) is 37.7 Å². The Bertz CT molecular complexity index is 1580. The van der Waals surface area contributed by atoms with Crippen molar-refractivity contribution in [3.63, 3.8) is 0 Å². The molecule has 0 unspecified atom stereocenters. The van der Waals surface area contributed by atoms with E-state index in [-0.39, 0.29) is 40.5 Å². The highest BCUT2D eigenvalue weighted by molar-refractivity contribution is 7.89. The molecule has 1 amide bonds. The van der Waals surface area contributed by atoms with Crippen LogP contribution in [0.4, 0.5) is 4.39 Å². The predicted molar refractivity (Wildman–Crippen MR) is 133 cm³/mol. The number of sulfonamides is 1. The molecule has 4 rings (SSSR count). The molecule has 37 heavy (non-hydrogen) atoms. The lowest BCUT2D eigenvalue weighted by atomic mass is 10.0. The van der Waals surface area contributed by atoms with Gasteiger partial charge in [-0.3, -0.25) is 9.78 Å². The molecule has 0 spiro atoms. The molecular formula is C26H22FN3O6S. The van der Waals surface area contributed by atoms with Crippen molar-refractivity contribution >= 4 is 32.8 Å². The Morgan fingerprint density at radius 3 is 2.32 bits per heavy atom. The summed E-state index contributed by atoms with van der Waals surface area (Å²) in [4.78, 5) is 34.1. The van der Waals surface area contributed by atoms with Gasteiger partial charge in [0.1, 0.15) is 23.6 Å². The largest absolute Gasteiger partial charge is 0.484 e. The molecule has 0 radical (unpaired) electrons. The number of halogens is 1. The highest BCUT2D eigenvalue weighted by Gasteiger charge is 2.27. The van der Waals surface area contributed by atoms with Crippen molar-refractivity contribution in [2.75, 3.05) is 13.4 Å². The van der Waals surface area contributed by atoms with Gasteiger partial charge in [-0.1, -0.05) is 42.5 Å². The number of carbonyl (C=O) groups is 2. The first-order chi connectivity index (χ1) is 17.6. The maximum Gasteiger partial charge on any atom is 0.360 e. The fraction of sp³-hybridized carbons (Fsp3) is 0.154. The highest BCUT2D eigenvalue weighted by atomic mass is 32.2. The van der Waals surface area contributed by atoms with Gasteiger partial charge in [0.2, 0.25) is 10.0 Å². The Labute approximate surface area is 212 Å². The number of ether oxygens (including phenoxy) is 2. The van der Waals surface area contributed by atoms with Crippen LogP contribution in [0.2, 0.25) is 0 Å². The van der Waals surface area contributed by atoms with E-state index in [1.807, 2.05) is 35.1 Å². The van der Waals surface area contributed by atoms with E-state index < -0.39 is 21.9 Å². The minimum Gasteiger partial charge on any atom is -0.484 e. The lowest BCUT2D eigenvalue weighted by Crippen LogP contribution is -2.31. The minimum absolute atomic E-state index is 0.0186. The molecule has 11 heteroatoms. The summed E-state index contributed by atoms with van der Waals surface area (Å²) < 4.78 is 49.5. The third-order valence-corrected chi connectivity index (χ3v) is 5.83. The second-order valence-corrected chi connectivity index (χ2v) is 9.90. The van der Waals surface area contributed by atoms with Gasteiger partial charge in [-0.2, -0.15) is 0 Å². The summed E-state index contributed by atoms with van der Waals surface area (Å²) >= 11 is 0. The normalized spacial score (nSPS) is 11.2. The Hall–Kier alpha value is -4.38. The van der Waals surface area contributed by atoms with Crippen molar-refractivity contribution < 1.29 is 31.9 Å². The third-order valence-electron chi connectivity index (χ3n) is 5.27. The molecule has 190 valence electrons. The first-order valence-corrected chi connectivity index (χ1v) is 12.9. The molecule has 2 aromatic heterocycles. The van der Waals surface area contributed by atoms with Crippen LogP contribution in [0.5, 0.6) is 5.75 Å². The number of hydrogen-bond donors (Lipinski definition) is 1. The Kier molecular flexibility index (Phi) is 7.44. The molecule has 9 nitrogen and oxygen atoms in total. The third kappa shape index (κ3) is 6.25. The van der Waals surface area contributed by atoms with Gasteiger partial charge in [0.15, 0.2) is 11.4 Å². The Morgan fingerprint density at radius 1 is 0.973 bits per heavy atom. The van der Waals surface area contributed by atoms with Crippen LogP contribution in [0, 0.1) is 5.82 Å². The average molecular weight is 524 g/mol. The van der Waals surface area contributed by atoms with Gasteiger partial charge in [0, 0.05) is 11.6 Å². The molecule has 4 aromatic rings. The van der Waals surface area contributed by atoms with E-state index in [9.17, 15) is 22.4 Å². The van der Waals surface area contributed by atoms with Crippen molar-refractivity contribution in [1.29, 1.82) is 0 Å². The van der Waals surface area contributed by atoms with Crippen molar-refractivity contribution in [2.45, 2.75) is 13.0 Å². The second kappa shape index (κ2) is 10.7. The summed E-state index contributed by atoms with van der Waals surface area (Å²) in [6.07, 6.45) is 2.69. The molecular weight excluding hydrogens is 501 g/mol. The first kappa shape index (κ1) is 25.7. The maximum atomic E-state index is 13.3. The number of benzene rings is 2. The number of hydrogen-bond acceptors (Lipinski definition) is 8. The van der Waals surface area contributed by atoms with Gasteiger partial charge >= 0.3 is 5.97 Å². The van der Waals surface area contributed by atoms with Crippen LogP contribution in [-0.2, 0) is 27.8 Å². The number of rotatable bonds is 8. The van der Waals surface area contributed by atoms with Gasteiger partial charge in [-0.05, 0) is 41.3 Å². The highest BCUT2D eigenvalue weighted by Crippen LogP contribution is 2.32. The maximum absolute atomic E-state index is 13.3. The number of pyridine rings is 2. The molecule has 0 saturated carbocycles. The Balaban J connectivity index is 1.87. The van der Waals surface area contributed by atoms with Crippen LogP contribution in [0.15, 0.2) is 66.9 Å². The molecule has 2 heterocycles. The number of amides is 1. The van der Waals surface area contributed by atoms with Gasteiger partial charge in [0.25, 0.3) is 5.91 Å². The van der Waals surface area contributed by atoms with Crippen LogP contribution in [0.25, 0.3) is 10.9 Å². The van der Waals surface area contributed by atoms with E-state index in [4.69, 9.17) is 9.47 Å². The van der Waals surface area contributed by atoms with Crippen molar-refractivity contribution in [3.05, 3.63) is 101 Å². The topological polar surface area (TPSA) is 125 Å². The lowest BCUT2D eigenvalue weighted by Gasteiger charge is -2.15. The quantitative estimate of drug-likeness (QED) is 0.349. The fourth-order valence-electron chi connectivity index (χ4n) is 3.63. The molecule has 0 fully saturated rings. The smallest absolute Gasteiger partial charge is 0.360 e. The first-order valence-electron chi connectivity index (χ1n) is 11.0. The summed E-state index contributed by atoms with van der Waals surface area (Å²) in [5, 5.41) is 0.163. The van der Waals surface area contributed by atoms with Gasteiger partial charge in [0.05, 0.1) is 13.4 Å². The monoisotopic (exact) mass is 523 g/mol. The fourth-order valence-corrected chi connectivity index (χ4v) is 4.06. The molecule has 0 aliphatic rings. The Morgan fingerprint density at radius 2 is 1.68 bits per heavy atom. The van der Waals surface area contributed by atoms with E-state index in [1.165, 1.54) is 18.3 Å². The SMILES string of the molecule is COC(=O)c1nc(C(=O)NS(C)(=O)=O)c2cc(Cc3ccc(F)cc3)cnc2c1OCc1ccccc1. The summed E-state index contributed by atoms with van der Waals surface area (Å²) in [5.74, 6) is -2.33. The minimum atomic E-state index is -3.94. The summed E-state index contributed by atoms with van der Waals surface area (Å²) in [6, 6.07) is 16.7. The standard InChI is InChI=1S/C26H22FN3O6S/c1-35-26(32)23-24(36-15-17-6-4-3-5-7-17)21-20(22(29-23)25(31)30-37(2,33)34)13-18(14-28-21)12-16-8-10-19(27)11-9-16/h3-11,13-14H,12,15H2,1-2H3,(H,30,31). The molecule has 1 N–H and O–H groups in total. The van der Waals surface area contributed by atoms with Crippen molar-refractivity contribution in [3.8, 4) is 5.75 Å². The van der Waals surface area contributed by atoms with E-state index in [1.54, 1.807) is 18.2 Å². The van der Waals surface area contributed by atoms with E-state index in [0.717, 1.165) is 24.5 Å². The summed E-state index contributed by atoms with van der Waals surface area (Å²) in [5.41, 5.74) is 1.66. The molecule has 0 aliphatic carbocycles. The molecule has 0 atom stereocenters. The molecule has 2 aromatic carbocycles. The van der Waals surface area contributed by atoms with Gasteiger partial charge in [-0.25, -0.2) is 27.3 Å². The summed E-state index contributed by atoms with van der Waals surface area (Å²) in [6.45, 7) is 0.0650. The average Bonchev–Trinajstić information content (AvgIpc) is 2.87. The zero-order valence-electron chi connectivity index (χ0n) is 19.9. The van der Waals surface area contributed by atoms with E-state index in [0.29, 0.717) is 12.0 Å². The summed E-state index contributed by atoms with van der Waals surface area (Å²) in [7, 11) is -2.80. The number of aromatic nitrogens is 2. The van der Waals surface area contributed by atoms with Crippen LogP contribution >= 0.6 is 0 Å². The zero-order valence-corrected chi connectivity index (χ0v) is 20.7. The van der Waals surface area contributed by atoms with Crippen LogP contribution in [-0.4, -0.2) is 43.6 Å². The van der Waals surface area contributed by atoms with Gasteiger partial charge < -0.3 is 9.47 Å². The van der Waals surface area contributed by atoms with Crippen LogP contribution in [0.3, 0.4) is 0 Å². The second-order valence-electron chi connectivity index (χ2n) is 8.15. The lowest BCUT2D eigenvalue weighted by molar-refractivity contribution is 0.0588. The number of nitrogens with zero attached hydrogens (tertiary/aromatic N) is 2.